The Bertz CT molecular complexity index is 902. The molecule has 6 nitrogen and oxygen atoms in total. The summed E-state index contributed by atoms with van der Waals surface area (Å²) in [6, 6.07) is 9.92. The summed E-state index contributed by atoms with van der Waals surface area (Å²) >= 11 is 0. The zero-order chi connectivity index (χ0) is 20.3. The lowest BCUT2D eigenvalue weighted by Gasteiger charge is -2.29. The van der Waals surface area contributed by atoms with Crippen LogP contribution < -0.4 is 11.1 Å². The summed E-state index contributed by atoms with van der Waals surface area (Å²) < 4.78 is 0. The van der Waals surface area contributed by atoms with Gasteiger partial charge in [0.25, 0.3) is 0 Å². The number of nitrogens with two attached hydrogens (primary N) is 1. The van der Waals surface area contributed by atoms with E-state index in [1.165, 1.54) is 6.92 Å². The minimum absolute atomic E-state index is 0.0908. The Morgan fingerprint density at radius 2 is 2.04 bits per heavy atom. The van der Waals surface area contributed by atoms with Gasteiger partial charge in [-0.15, -0.1) is 0 Å². The number of nitrogens with one attached hydrogen (secondary N) is 1. The number of likely N-dealkylation sites (N-methyl/N-ethyl adjacent to an activating group) is 1. The second-order valence-corrected chi connectivity index (χ2v) is 7.71. The summed E-state index contributed by atoms with van der Waals surface area (Å²) in [4.78, 5) is 24.1. The number of piperidine rings is 1. The summed E-state index contributed by atoms with van der Waals surface area (Å²) in [6.45, 7) is 7.31. The molecular weight excluding hydrogens is 350 g/mol. The maximum atomic E-state index is 12.2. The van der Waals surface area contributed by atoms with Crippen LogP contribution in [0.3, 0.4) is 0 Å². The molecule has 1 aliphatic rings. The number of rotatable bonds is 5. The SMILES string of the molecule is CC(=O)/C(=C(/C)N)c1cc(Nc2cccc(C)c2)nc(C2CCCN(C)C2)n1. The number of ketones is 1. The molecule has 0 bridgehead atoms. The van der Waals surface area contributed by atoms with E-state index in [-0.39, 0.29) is 11.7 Å². The maximum Gasteiger partial charge on any atom is 0.163 e. The summed E-state index contributed by atoms with van der Waals surface area (Å²) in [5.41, 5.74) is 9.64. The molecule has 1 unspecified atom stereocenters. The Kier molecular flexibility index (Phi) is 6.09. The van der Waals surface area contributed by atoms with Gasteiger partial charge < -0.3 is 16.0 Å². The molecule has 1 aromatic carbocycles. The molecule has 0 amide bonds. The van der Waals surface area contributed by atoms with Gasteiger partial charge in [-0.1, -0.05) is 12.1 Å². The number of aryl methyl sites for hydroxylation is 1. The lowest BCUT2D eigenvalue weighted by molar-refractivity contribution is -0.111. The topological polar surface area (TPSA) is 84.1 Å². The molecule has 1 aliphatic heterocycles. The van der Waals surface area contributed by atoms with Crippen LogP contribution in [0.4, 0.5) is 11.5 Å². The van der Waals surface area contributed by atoms with E-state index < -0.39 is 0 Å². The van der Waals surface area contributed by atoms with Gasteiger partial charge >= 0.3 is 0 Å². The van der Waals surface area contributed by atoms with Gasteiger partial charge in [0.1, 0.15) is 11.6 Å². The Hall–Kier alpha value is -2.73. The van der Waals surface area contributed by atoms with E-state index in [4.69, 9.17) is 15.7 Å². The first-order valence-corrected chi connectivity index (χ1v) is 9.72. The second-order valence-electron chi connectivity index (χ2n) is 7.71. The third kappa shape index (κ3) is 4.75. The van der Waals surface area contributed by atoms with Crippen molar-refractivity contribution in [2.24, 2.45) is 5.73 Å². The standard InChI is InChI=1S/C22H29N5O/c1-14-7-5-9-18(11-14)24-20-12-19(21(15(2)23)16(3)28)25-22(26-20)17-8-6-10-27(4)13-17/h5,7,9,11-12,17H,6,8,10,13,23H2,1-4H3,(H,24,25,26)/b21-15+. The highest BCUT2D eigenvalue weighted by atomic mass is 16.1. The van der Waals surface area contributed by atoms with Crippen LogP contribution >= 0.6 is 0 Å². The molecule has 2 heterocycles. The van der Waals surface area contributed by atoms with Gasteiger partial charge in [0.2, 0.25) is 0 Å². The van der Waals surface area contributed by atoms with Gasteiger partial charge in [0.05, 0.1) is 11.3 Å². The Morgan fingerprint density at radius 1 is 1.25 bits per heavy atom. The molecule has 0 radical (unpaired) electrons. The van der Waals surface area contributed by atoms with Gasteiger partial charge in [-0.3, -0.25) is 4.79 Å². The van der Waals surface area contributed by atoms with Crippen molar-refractivity contribution in [3.63, 3.8) is 0 Å². The van der Waals surface area contributed by atoms with Gasteiger partial charge in [0, 0.05) is 29.9 Å². The lowest BCUT2D eigenvalue weighted by Crippen LogP contribution is -2.32. The number of nitrogens with zero attached hydrogens (tertiary/aromatic N) is 3. The van der Waals surface area contributed by atoms with Gasteiger partial charge in [-0.2, -0.15) is 0 Å². The average Bonchev–Trinajstić information content (AvgIpc) is 2.61. The zero-order valence-corrected chi connectivity index (χ0v) is 17.1. The zero-order valence-electron chi connectivity index (χ0n) is 17.1. The lowest BCUT2D eigenvalue weighted by atomic mass is 9.97. The van der Waals surface area contributed by atoms with Gasteiger partial charge in [-0.25, -0.2) is 9.97 Å². The third-order valence-corrected chi connectivity index (χ3v) is 5.03. The van der Waals surface area contributed by atoms with Crippen molar-refractivity contribution in [2.45, 2.75) is 39.5 Å². The highest BCUT2D eigenvalue weighted by molar-refractivity contribution is 6.19. The molecule has 1 saturated heterocycles. The molecule has 3 rings (SSSR count). The number of aromatic nitrogens is 2. The normalized spacial score (nSPS) is 18.5. The minimum Gasteiger partial charge on any atom is -0.402 e. The van der Waals surface area contributed by atoms with Gasteiger partial charge in [0.15, 0.2) is 5.78 Å². The third-order valence-electron chi connectivity index (χ3n) is 5.03. The van der Waals surface area contributed by atoms with Crippen LogP contribution in [0.1, 0.15) is 49.7 Å². The first kappa shape index (κ1) is 20.0. The van der Waals surface area contributed by atoms with E-state index in [1.807, 2.05) is 31.2 Å². The molecular formula is C22H29N5O. The van der Waals surface area contributed by atoms with Crippen LogP contribution in [-0.4, -0.2) is 40.8 Å². The number of carbonyl (C=O) groups excluding carboxylic acids is 1. The second kappa shape index (κ2) is 8.52. The predicted molar refractivity (Wildman–Crippen MR) is 113 cm³/mol. The number of allylic oxidation sites excluding steroid dienone is 2. The van der Waals surface area contributed by atoms with E-state index in [0.717, 1.165) is 43.0 Å². The number of carbonyl (C=O) groups is 1. The van der Waals surface area contributed by atoms with Crippen molar-refractivity contribution < 1.29 is 4.79 Å². The largest absolute Gasteiger partial charge is 0.402 e. The van der Waals surface area contributed by atoms with Crippen LogP contribution in [-0.2, 0) is 4.79 Å². The van der Waals surface area contributed by atoms with E-state index in [1.54, 1.807) is 6.92 Å². The number of benzene rings is 1. The molecule has 0 saturated carbocycles. The highest BCUT2D eigenvalue weighted by Gasteiger charge is 2.24. The van der Waals surface area contributed by atoms with Crippen molar-refractivity contribution in [1.82, 2.24) is 14.9 Å². The quantitative estimate of drug-likeness (QED) is 0.772. The molecule has 0 spiro atoms. The minimum atomic E-state index is -0.0908. The fourth-order valence-electron chi connectivity index (χ4n) is 3.75. The highest BCUT2D eigenvalue weighted by Crippen LogP contribution is 2.28. The van der Waals surface area contributed by atoms with Crippen molar-refractivity contribution in [1.29, 1.82) is 0 Å². The predicted octanol–water partition coefficient (Wildman–Crippen LogP) is 3.62. The summed E-state index contributed by atoms with van der Waals surface area (Å²) in [6.07, 6.45) is 2.15. The average molecular weight is 380 g/mol. The Balaban J connectivity index is 2.05. The fraction of sp³-hybridized carbons (Fsp3) is 0.409. The van der Waals surface area contributed by atoms with Crippen LogP contribution in [0.5, 0.6) is 0 Å². The summed E-state index contributed by atoms with van der Waals surface area (Å²) in [7, 11) is 2.12. The monoisotopic (exact) mass is 379 g/mol. The number of hydrogen-bond donors (Lipinski definition) is 2. The first-order chi connectivity index (χ1) is 13.3. The van der Waals surface area contributed by atoms with Crippen molar-refractivity contribution in [3.8, 4) is 0 Å². The number of Topliss-reactive ketones (excluding diaryl/α,β-unsaturated/α-hetero) is 1. The summed E-state index contributed by atoms with van der Waals surface area (Å²) in [5.74, 6) is 1.59. The van der Waals surface area contributed by atoms with E-state index in [0.29, 0.717) is 22.8 Å². The molecule has 28 heavy (non-hydrogen) atoms. The van der Waals surface area contributed by atoms with Crippen molar-refractivity contribution in [3.05, 3.63) is 53.1 Å². The molecule has 1 atom stereocenters. The van der Waals surface area contributed by atoms with Crippen molar-refractivity contribution in [2.75, 3.05) is 25.5 Å². The van der Waals surface area contributed by atoms with Crippen molar-refractivity contribution >= 4 is 22.9 Å². The fourth-order valence-corrected chi connectivity index (χ4v) is 3.75. The molecule has 0 aliphatic carbocycles. The number of anilines is 2. The molecule has 2 aromatic rings. The Morgan fingerprint density at radius 3 is 2.68 bits per heavy atom. The maximum absolute atomic E-state index is 12.2. The molecule has 148 valence electrons. The van der Waals surface area contributed by atoms with E-state index in [9.17, 15) is 4.79 Å². The molecule has 3 N–H and O–H groups in total. The number of hydrogen-bond acceptors (Lipinski definition) is 6. The number of likely N-dealkylation sites (tertiary alicyclic amines) is 1. The van der Waals surface area contributed by atoms with E-state index in [2.05, 4.69) is 23.3 Å². The smallest absolute Gasteiger partial charge is 0.163 e. The van der Waals surface area contributed by atoms with Gasteiger partial charge in [-0.05, 0) is 64.9 Å². The molecule has 6 heteroatoms. The van der Waals surface area contributed by atoms with Crippen LogP contribution in [0.15, 0.2) is 36.0 Å². The summed E-state index contributed by atoms with van der Waals surface area (Å²) in [5, 5.41) is 3.37. The molecule has 1 aromatic heterocycles. The van der Waals surface area contributed by atoms with Crippen LogP contribution in [0, 0.1) is 6.92 Å². The first-order valence-electron chi connectivity index (χ1n) is 9.72. The van der Waals surface area contributed by atoms with Crippen LogP contribution in [0.2, 0.25) is 0 Å². The van der Waals surface area contributed by atoms with E-state index >= 15 is 0 Å². The molecule has 1 fully saturated rings. The van der Waals surface area contributed by atoms with Crippen LogP contribution in [0.25, 0.3) is 5.57 Å². The Labute approximate surface area is 166 Å².